The van der Waals surface area contributed by atoms with E-state index in [-0.39, 0.29) is 0 Å². The van der Waals surface area contributed by atoms with Crippen LogP contribution < -0.4 is 0 Å². The minimum Gasteiger partial charge on any atom is -0.244 e. The van der Waals surface area contributed by atoms with Gasteiger partial charge < -0.3 is 0 Å². The third-order valence-electron chi connectivity index (χ3n) is 2.43. The molecule has 17 heavy (non-hydrogen) atoms. The predicted octanol–water partition coefficient (Wildman–Crippen LogP) is 3.72. The molecule has 2 rings (SSSR count). The van der Waals surface area contributed by atoms with Crippen LogP contribution in [0.3, 0.4) is 0 Å². The van der Waals surface area contributed by atoms with Crippen LogP contribution >= 0.6 is 11.8 Å². The third-order valence-corrected chi connectivity index (χ3v) is 3.65. The number of benzene rings is 1. The van der Waals surface area contributed by atoms with Crippen molar-refractivity contribution < 1.29 is 0 Å². The molecule has 0 aliphatic heterocycles. The van der Waals surface area contributed by atoms with E-state index >= 15 is 0 Å². The first kappa shape index (κ1) is 11.7. The SMILES string of the molecule is Cc1ccc(Sc2cccnc2C#N)c(C)c1. The van der Waals surface area contributed by atoms with Crippen LogP contribution in [0.5, 0.6) is 0 Å². The van der Waals surface area contributed by atoms with Gasteiger partial charge >= 0.3 is 0 Å². The molecular formula is C14H12N2S. The predicted molar refractivity (Wildman–Crippen MR) is 69.0 cm³/mol. The number of pyridine rings is 1. The quantitative estimate of drug-likeness (QED) is 0.802. The number of nitrogens with zero attached hydrogens (tertiary/aromatic N) is 2. The molecule has 0 fully saturated rings. The number of aromatic nitrogens is 1. The highest BCUT2D eigenvalue weighted by molar-refractivity contribution is 7.99. The first-order chi connectivity index (χ1) is 8.20. The molecule has 0 saturated heterocycles. The van der Waals surface area contributed by atoms with Gasteiger partial charge in [-0.1, -0.05) is 29.5 Å². The van der Waals surface area contributed by atoms with E-state index in [2.05, 4.69) is 43.1 Å². The molecular weight excluding hydrogens is 228 g/mol. The molecule has 0 spiro atoms. The second-order valence-corrected chi connectivity index (χ2v) is 4.92. The number of hydrogen-bond donors (Lipinski definition) is 0. The van der Waals surface area contributed by atoms with Crippen LogP contribution in [0.15, 0.2) is 46.3 Å². The Hall–Kier alpha value is -1.79. The molecule has 2 nitrogen and oxygen atoms in total. The molecule has 0 saturated carbocycles. The normalized spacial score (nSPS) is 9.94. The highest BCUT2D eigenvalue weighted by atomic mass is 32.2. The van der Waals surface area contributed by atoms with E-state index in [1.54, 1.807) is 18.0 Å². The standard InChI is InChI=1S/C14H12N2S/c1-10-5-6-13(11(2)8-10)17-14-4-3-7-16-12(14)9-15/h3-8H,1-2H3. The molecule has 0 N–H and O–H groups in total. The zero-order chi connectivity index (χ0) is 12.3. The number of nitriles is 1. The lowest BCUT2D eigenvalue weighted by molar-refractivity contribution is 1.17. The molecule has 1 aromatic carbocycles. The molecule has 0 radical (unpaired) electrons. The van der Waals surface area contributed by atoms with Gasteiger partial charge in [-0.2, -0.15) is 5.26 Å². The van der Waals surface area contributed by atoms with Crippen LogP contribution in [0.1, 0.15) is 16.8 Å². The largest absolute Gasteiger partial charge is 0.244 e. The summed E-state index contributed by atoms with van der Waals surface area (Å²) >= 11 is 1.59. The number of hydrogen-bond acceptors (Lipinski definition) is 3. The monoisotopic (exact) mass is 240 g/mol. The third kappa shape index (κ3) is 2.66. The average molecular weight is 240 g/mol. The summed E-state index contributed by atoms with van der Waals surface area (Å²) in [4.78, 5) is 6.13. The van der Waals surface area contributed by atoms with Crippen molar-refractivity contribution >= 4 is 11.8 Å². The van der Waals surface area contributed by atoms with Crippen LogP contribution in [0, 0.1) is 25.2 Å². The van der Waals surface area contributed by atoms with Crippen LogP contribution in [-0.4, -0.2) is 4.98 Å². The molecule has 1 aromatic heterocycles. The molecule has 0 aliphatic carbocycles. The van der Waals surface area contributed by atoms with Crippen molar-refractivity contribution in [2.75, 3.05) is 0 Å². The molecule has 0 bridgehead atoms. The van der Waals surface area contributed by atoms with E-state index < -0.39 is 0 Å². The Labute approximate surface area is 105 Å². The molecule has 0 aliphatic rings. The van der Waals surface area contributed by atoms with Crippen LogP contribution in [-0.2, 0) is 0 Å². The Balaban J connectivity index is 2.35. The maximum Gasteiger partial charge on any atom is 0.154 e. The first-order valence-corrected chi connectivity index (χ1v) is 6.12. The van der Waals surface area contributed by atoms with Gasteiger partial charge in [0.05, 0.1) is 0 Å². The van der Waals surface area contributed by atoms with Gasteiger partial charge in [0.2, 0.25) is 0 Å². The van der Waals surface area contributed by atoms with E-state index in [1.165, 1.54) is 16.0 Å². The van der Waals surface area contributed by atoms with E-state index in [1.807, 2.05) is 12.1 Å². The van der Waals surface area contributed by atoms with Crippen molar-refractivity contribution in [3.05, 3.63) is 53.3 Å². The summed E-state index contributed by atoms with van der Waals surface area (Å²) in [6, 6.07) is 12.2. The van der Waals surface area contributed by atoms with Crippen molar-refractivity contribution in [3.8, 4) is 6.07 Å². The highest BCUT2D eigenvalue weighted by Crippen LogP contribution is 2.31. The topological polar surface area (TPSA) is 36.7 Å². The van der Waals surface area contributed by atoms with Gasteiger partial charge in [-0.05, 0) is 37.6 Å². The van der Waals surface area contributed by atoms with Gasteiger partial charge in [0, 0.05) is 16.0 Å². The van der Waals surface area contributed by atoms with Crippen molar-refractivity contribution in [1.29, 1.82) is 5.26 Å². The van der Waals surface area contributed by atoms with E-state index in [0.29, 0.717) is 5.69 Å². The molecule has 0 amide bonds. The smallest absolute Gasteiger partial charge is 0.154 e. The van der Waals surface area contributed by atoms with Gasteiger partial charge in [0.25, 0.3) is 0 Å². The Bertz CT molecular complexity index is 585. The van der Waals surface area contributed by atoms with E-state index in [9.17, 15) is 0 Å². The second-order valence-electron chi connectivity index (χ2n) is 3.83. The summed E-state index contributed by atoms with van der Waals surface area (Å²) in [7, 11) is 0. The fourth-order valence-electron chi connectivity index (χ4n) is 1.59. The second kappa shape index (κ2) is 5.03. The fraction of sp³-hybridized carbons (Fsp3) is 0.143. The van der Waals surface area contributed by atoms with E-state index in [0.717, 1.165) is 4.90 Å². The molecule has 1 heterocycles. The van der Waals surface area contributed by atoms with E-state index in [4.69, 9.17) is 5.26 Å². The number of rotatable bonds is 2. The zero-order valence-corrected chi connectivity index (χ0v) is 10.6. The van der Waals surface area contributed by atoms with Crippen LogP contribution in [0.25, 0.3) is 0 Å². The molecule has 2 aromatic rings. The molecule has 0 atom stereocenters. The van der Waals surface area contributed by atoms with Gasteiger partial charge in [-0.3, -0.25) is 0 Å². The minimum absolute atomic E-state index is 0.484. The first-order valence-electron chi connectivity index (χ1n) is 5.31. The maximum absolute atomic E-state index is 8.98. The summed E-state index contributed by atoms with van der Waals surface area (Å²) in [6.07, 6.45) is 1.64. The summed E-state index contributed by atoms with van der Waals surface area (Å²) in [5.74, 6) is 0. The lowest BCUT2D eigenvalue weighted by Crippen LogP contribution is -1.87. The van der Waals surface area contributed by atoms with Crippen LogP contribution in [0.2, 0.25) is 0 Å². The zero-order valence-electron chi connectivity index (χ0n) is 9.77. The summed E-state index contributed by atoms with van der Waals surface area (Å²) in [6.45, 7) is 4.16. The minimum atomic E-state index is 0.484. The maximum atomic E-state index is 8.98. The van der Waals surface area contributed by atoms with Crippen molar-refractivity contribution in [1.82, 2.24) is 4.98 Å². The summed E-state index contributed by atoms with van der Waals surface area (Å²) in [5, 5.41) is 8.98. The lowest BCUT2D eigenvalue weighted by Gasteiger charge is -2.07. The van der Waals surface area contributed by atoms with Crippen molar-refractivity contribution in [2.45, 2.75) is 23.6 Å². The molecule has 0 unspecified atom stereocenters. The Kier molecular flexibility index (Phi) is 3.46. The lowest BCUT2D eigenvalue weighted by atomic mass is 10.2. The fourth-order valence-corrected chi connectivity index (χ4v) is 2.52. The van der Waals surface area contributed by atoms with Crippen molar-refractivity contribution in [2.24, 2.45) is 0 Å². The highest BCUT2D eigenvalue weighted by Gasteiger charge is 2.06. The Morgan fingerprint density at radius 2 is 2.00 bits per heavy atom. The summed E-state index contributed by atoms with van der Waals surface area (Å²) < 4.78 is 0. The average Bonchev–Trinajstić information content (AvgIpc) is 2.33. The molecule has 3 heteroatoms. The van der Waals surface area contributed by atoms with Gasteiger partial charge in [-0.15, -0.1) is 0 Å². The van der Waals surface area contributed by atoms with Gasteiger partial charge in [0.1, 0.15) is 6.07 Å². The van der Waals surface area contributed by atoms with Gasteiger partial charge in [0.15, 0.2) is 5.69 Å². The molecule has 84 valence electrons. The van der Waals surface area contributed by atoms with Gasteiger partial charge in [-0.25, -0.2) is 4.98 Å². The van der Waals surface area contributed by atoms with Crippen LogP contribution in [0.4, 0.5) is 0 Å². The number of aryl methyl sites for hydroxylation is 2. The Morgan fingerprint density at radius 1 is 1.18 bits per heavy atom. The van der Waals surface area contributed by atoms with Crippen molar-refractivity contribution in [3.63, 3.8) is 0 Å². The Morgan fingerprint density at radius 3 is 2.71 bits per heavy atom. The summed E-state index contributed by atoms with van der Waals surface area (Å²) in [5.41, 5.74) is 2.96.